The molecule has 0 aliphatic heterocycles. The number of methoxy groups -OCH3 is 1. The first-order valence-electron chi connectivity index (χ1n) is 13.0. The van der Waals surface area contributed by atoms with Gasteiger partial charge in [-0.2, -0.15) is 18.6 Å². The van der Waals surface area contributed by atoms with E-state index in [2.05, 4.69) is 81.4 Å². The molecule has 0 bridgehead atoms. The third kappa shape index (κ3) is 8.31. The molecule has 10 heteroatoms. The van der Waals surface area contributed by atoms with Crippen molar-refractivity contribution in [2.75, 3.05) is 19.0 Å². The molecule has 0 radical (unpaired) electrons. The van der Waals surface area contributed by atoms with Crippen LogP contribution in [0, 0.1) is 0 Å². The number of nitrogens with zero attached hydrogens (tertiary/aromatic N) is 3. The maximum atomic E-state index is 12.7. The zero-order chi connectivity index (χ0) is 29.7. The maximum Gasteiger partial charge on any atom is 0.333 e. The van der Waals surface area contributed by atoms with E-state index in [9.17, 15) is 18.4 Å². The van der Waals surface area contributed by atoms with Gasteiger partial charge in [0.2, 0.25) is 5.91 Å². The van der Waals surface area contributed by atoms with E-state index in [-0.39, 0.29) is 16.9 Å². The van der Waals surface area contributed by atoms with Gasteiger partial charge in [-0.15, -0.1) is 0 Å². The first-order valence-corrected chi connectivity index (χ1v) is 13.0. The van der Waals surface area contributed by atoms with Crippen molar-refractivity contribution < 1.29 is 23.1 Å². The van der Waals surface area contributed by atoms with Gasteiger partial charge in [0.15, 0.2) is 0 Å². The topological polar surface area (TPSA) is 98.1 Å². The second kappa shape index (κ2) is 14.8. The summed E-state index contributed by atoms with van der Waals surface area (Å²) in [7, 11) is 1.55. The Kier molecular flexibility index (Phi) is 10.5. The molecule has 3 aromatic carbocycles. The lowest BCUT2D eigenvalue weighted by Gasteiger charge is -2.10. The number of nitrogens with one attached hydrogen (secondary N) is 2. The fourth-order valence-corrected chi connectivity index (χ4v) is 4.05. The fourth-order valence-electron chi connectivity index (χ4n) is 4.05. The molecule has 8 nitrogen and oxygen atoms in total. The Balaban J connectivity index is 0.000000258. The van der Waals surface area contributed by atoms with Crippen molar-refractivity contribution in [3.63, 3.8) is 0 Å². The largest absolute Gasteiger partial charge is 0.494 e. The Bertz CT molecular complexity index is 1540. The second-order valence-corrected chi connectivity index (χ2v) is 8.97. The fraction of sp³-hybridized carbons (Fsp3) is 0.125. The minimum atomic E-state index is -2.95. The van der Waals surface area contributed by atoms with Gasteiger partial charge in [-0.3, -0.25) is 14.6 Å². The average Bonchev–Trinajstić information content (AvgIpc) is 3.53. The SMILES string of the molecule is COc1cnccc1-c1ccc(NC(=O)CNC(=O)c2ccnn2C(F)F)cc1.c1ccc(Cc2ccccc2)cc1. The third-order valence-electron chi connectivity index (χ3n) is 6.08. The van der Waals surface area contributed by atoms with Crippen molar-refractivity contribution in [2.24, 2.45) is 0 Å². The Morgan fingerprint density at radius 2 is 1.50 bits per heavy atom. The van der Waals surface area contributed by atoms with Crippen LogP contribution >= 0.6 is 0 Å². The van der Waals surface area contributed by atoms with Gasteiger partial charge in [-0.05, 0) is 47.4 Å². The number of rotatable bonds is 9. The number of hydrogen-bond donors (Lipinski definition) is 2. The van der Waals surface area contributed by atoms with E-state index in [0.717, 1.165) is 29.8 Å². The molecule has 0 spiro atoms. The molecule has 2 aromatic heterocycles. The molecular weight excluding hydrogens is 540 g/mol. The normalized spacial score (nSPS) is 10.4. The summed E-state index contributed by atoms with van der Waals surface area (Å²) in [5.74, 6) is -0.705. The van der Waals surface area contributed by atoms with Crippen LogP contribution in [0.5, 0.6) is 5.75 Å². The minimum Gasteiger partial charge on any atom is -0.494 e. The first-order chi connectivity index (χ1) is 20.4. The van der Waals surface area contributed by atoms with Crippen LogP contribution in [0.3, 0.4) is 0 Å². The van der Waals surface area contributed by atoms with Crippen LogP contribution in [-0.2, 0) is 11.2 Å². The zero-order valence-corrected chi connectivity index (χ0v) is 22.8. The van der Waals surface area contributed by atoms with Crippen molar-refractivity contribution in [2.45, 2.75) is 13.0 Å². The van der Waals surface area contributed by atoms with Crippen LogP contribution in [0.4, 0.5) is 14.5 Å². The number of carbonyl (C=O) groups is 2. The number of aromatic nitrogens is 3. The van der Waals surface area contributed by atoms with Crippen LogP contribution in [0.2, 0.25) is 0 Å². The lowest BCUT2D eigenvalue weighted by Crippen LogP contribution is -2.34. The van der Waals surface area contributed by atoms with E-state index >= 15 is 0 Å². The van der Waals surface area contributed by atoms with Crippen molar-refractivity contribution in [3.05, 3.63) is 132 Å². The van der Waals surface area contributed by atoms with Gasteiger partial charge in [0.05, 0.1) is 19.9 Å². The van der Waals surface area contributed by atoms with E-state index in [4.69, 9.17) is 4.74 Å². The first kappa shape index (κ1) is 29.6. The van der Waals surface area contributed by atoms with Gasteiger partial charge in [0.25, 0.3) is 5.91 Å². The number of amides is 2. The molecule has 0 aliphatic rings. The standard InChI is InChI=1S/C19H17F2N5O3.C13H12/c1-29-16-10-22-8-6-14(16)12-2-4-13(5-3-12)25-17(27)11-23-18(28)15-7-9-24-26(15)19(20)21;1-3-7-12(8-4-1)11-13-9-5-2-6-10-13/h2-10,19H,11H2,1H3,(H,23,28)(H,25,27);1-10H,11H2. The number of pyridine rings is 1. The maximum absolute atomic E-state index is 12.7. The highest BCUT2D eigenvalue weighted by Gasteiger charge is 2.18. The molecule has 2 amide bonds. The Morgan fingerprint density at radius 3 is 2.10 bits per heavy atom. The van der Waals surface area contributed by atoms with E-state index in [1.54, 1.807) is 43.8 Å². The van der Waals surface area contributed by atoms with Crippen LogP contribution < -0.4 is 15.4 Å². The summed E-state index contributed by atoms with van der Waals surface area (Å²) in [5.41, 5.74) is 4.64. The molecular formula is C32H29F2N5O3. The molecule has 5 aromatic rings. The summed E-state index contributed by atoms with van der Waals surface area (Å²) in [6, 6.07) is 31.0. The predicted molar refractivity (Wildman–Crippen MR) is 156 cm³/mol. The lowest BCUT2D eigenvalue weighted by molar-refractivity contribution is -0.115. The Labute approximate surface area is 242 Å². The number of anilines is 1. The van der Waals surface area contributed by atoms with Gasteiger partial charge in [0, 0.05) is 23.6 Å². The molecule has 2 N–H and O–H groups in total. The van der Waals surface area contributed by atoms with Crippen LogP contribution in [0.15, 0.2) is 116 Å². The summed E-state index contributed by atoms with van der Waals surface area (Å²) in [6.45, 7) is -3.33. The smallest absolute Gasteiger partial charge is 0.333 e. The van der Waals surface area contributed by atoms with Gasteiger partial charge < -0.3 is 15.4 Å². The number of benzene rings is 3. The van der Waals surface area contributed by atoms with Crippen LogP contribution in [0.1, 0.15) is 28.2 Å². The quantitative estimate of drug-likeness (QED) is 0.227. The molecule has 2 heterocycles. The molecule has 42 heavy (non-hydrogen) atoms. The number of carbonyl (C=O) groups excluding carboxylic acids is 2. The van der Waals surface area contributed by atoms with Crippen molar-refractivity contribution >= 4 is 17.5 Å². The molecule has 0 saturated carbocycles. The second-order valence-electron chi connectivity index (χ2n) is 8.97. The van der Waals surface area contributed by atoms with E-state index in [1.807, 2.05) is 6.07 Å². The highest BCUT2D eigenvalue weighted by molar-refractivity contribution is 5.98. The molecule has 0 saturated heterocycles. The van der Waals surface area contributed by atoms with Crippen LogP contribution in [-0.4, -0.2) is 40.2 Å². The number of alkyl halides is 2. The van der Waals surface area contributed by atoms with E-state index < -0.39 is 18.4 Å². The minimum absolute atomic E-state index is 0.277. The Hall–Kier alpha value is -5.38. The van der Waals surface area contributed by atoms with Crippen LogP contribution in [0.25, 0.3) is 11.1 Å². The van der Waals surface area contributed by atoms with Gasteiger partial charge in [-0.1, -0.05) is 72.8 Å². The van der Waals surface area contributed by atoms with Gasteiger partial charge in [0.1, 0.15) is 11.4 Å². The Morgan fingerprint density at radius 1 is 0.857 bits per heavy atom. The van der Waals surface area contributed by atoms with E-state index in [1.165, 1.54) is 11.1 Å². The number of halogens is 2. The van der Waals surface area contributed by atoms with Gasteiger partial charge >= 0.3 is 6.55 Å². The average molecular weight is 570 g/mol. The van der Waals surface area contributed by atoms with Crippen molar-refractivity contribution in [3.8, 4) is 16.9 Å². The lowest BCUT2D eigenvalue weighted by atomic mass is 10.1. The van der Waals surface area contributed by atoms with Gasteiger partial charge in [-0.25, -0.2) is 0 Å². The summed E-state index contributed by atoms with van der Waals surface area (Å²) in [5, 5.41) is 8.27. The van der Waals surface area contributed by atoms with Crippen molar-refractivity contribution in [1.82, 2.24) is 20.1 Å². The van der Waals surface area contributed by atoms with E-state index in [0.29, 0.717) is 11.4 Å². The molecule has 0 atom stereocenters. The molecule has 0 fully saturated rings. The molecule has 0 aliphatic carbocycles. The molecule has 0 unspecified atom stereocenters. The summed E-state index contributed by atoms with van der Waals surface area (Å²) < 4.78 is 31.0. The highest BCUT2D eigenvalue weighted by atomic mass is 19.3. The molecule has 5 rings (SSSR count). The summed E-state index contributed by atoms with van der Waals surface area (Å²) in [4.78, 5) is 28.0. The highest BCUT2D eigenvalue weighted by Crippen LogP contribution is 2.29. The van der Waals surface area contributed by atoms with Crippen molar-refractivity contribution in [1.29, 1.82) is 0 Å². The summed E-state index contributed by atoms with van der Waals surface area (Å²) in [6.07, 6.45) is 5.37. The predicted octanol–water partition coefficient (Wildman–Crippen LogP) is 5.99. The number of hydrogen-bond acceptors (Lipinski definition) is 5. The third-order valence-corrected chi connectivity index (χ3v) is 6.08. The number of ether oxygens (including phenoxy) is 1. The summed E-state index contributed by atoms with van der Waals surface area (Å²) >= 11 is 0. The monoisotopic (exact) mass is 569 g/mol. The zero-order valence-electron chi connectivity index (χ0n) is 22.8. The molecule has 214 valence electrons.